The Bertz CT molecular complexity index is 108. The molecule has 0 rings (SSSR count). The fraction of sp³-hybridized carbons (Fsp3) is 0.833. The number of carbonyl (C=O) groups is 1. The highest BCUT2D eigenvalue weighted by Crippen LogP contribution is 1.95. The lowest BCUT2D eigenvalue weighted by molar-refractivity contribution is -0.144. The molecule has 60 valence electrons. The Labute approximate surface area is 69.0 Å². The molecule has 0 aromatic heterocycles. The molecule has 4 heteroatoms. The summed E-state index contributed by atoms with van der Waals surface area (Å²) in [6.45, 7) is 2.16. The number of carbonyl (C=O) groups excluding carboxylic acids is 1. The summed E-state index contributed by atoms with van der Waals surface area (Å²) in [4.78, 5) is 10.8. The van der Waals surface area contributed by atoms with Gasteiger partial charge in [-0.1, -0.05) is 15.9 Å². The van der Waals surface area contributed by atoms with Crippen LogP contribution in [0.15, 0.2) is 0 Å². The maximum Gasteiger partial charge on any atom is 0.322 e. The van der Waals surface area contributed by atoms with E-state index < -0.39 is 6.04 Å². The van der Waals surface area contributed by atoms with Crippen molar-refractivity contribution in [3.8, 4) is 0 Å². The molecule has 0 aromatic rings. The van der Waals surface area contributed by atoms with E-state index in [2.05, 4.69) is 20.7 Å². The van der Waals surface area contributed by atoms with Crippen LogP contribution in [0.5, 0.6) is 0 Å². The van der Waals surface area contributed by atoms with Gasteiger partial charge in [-0.3, -0.25) is 4.79 Å². The third kappa shape index (κ3) is 3.85. The molecule has 1 atom stereocenters. The molecule has 0 amide bonds. The monoisotopic (exact) mass is 209 g/mol. The molecule has 0 bridgehead atoms. The molecule has 2 N–H and O–H groups in total. The standard InChI is InChI=1S/C6H12BrNO2/c1-2-10-6(9)5(8)3-4-7/h5H,2-4,8H2,1H3/t5-/m0/s1. The molecule has 10 heavy (non-hydrogen) atoms. The first-order valence-electron chi connectivity index (χ1n) is 3.20. The van der Waals surface area contributed by atoms with Gasteiger partial charge in [0.25, 0.3) is 0 Å². The second-order valence-electron chi connectivity index (χ2n) is 1.84. The molecule has 0 heterocycles. The SMILES string of the molecule is CCOC(=O)[C@@H](N)CCBr. The Hall–Kier alpha value is -0.0900. The molecule has 0 saturated heterocycles. The Morgan fingerprint density at radius 1 is 1.80 bits per heavy atom. The van der Waals surface area contributed by atoms with Crippen LogP contribution in [0.3, 0.4) is 0 Å². The van der Waals surface area contributed by atoms with Gasteiger partial charge in [0.1, 0.15) is 6.04 Å². The number of hydrogen-bond acceptors (Lipinski definition) is 3. The molecule has 0 spiro atoms. The predicted molar refractivity (Wildman–Crippen MR) is 43.0 cm³/mol. The highest BCUT2D eigenvalue weighted by molar-refractivity contribution is 9.09. The zero-order valence-electron chi connectivity index (χ0n) is 5.97. The van der Waals surface area contributed by atoms with Gasteiger partial charge in [-0.25, -0.2) is 0 Å². The number of halogens is 1. The first-order chi connectivity index (χ1) is 4.72. The lowest BCUT2D eigenvalue weighted by Crippen LogP contribution is -2.32. The fourth-order valence-electron chi connectivity index (χ4n) is 0.485. The summed E-state index contributed by atoms with van der Waals surface area (Å²) < 4.78 is 4.67. The van der Waals surface area contributed by atoms with Gasteiger partial charge < -0.3 is 10.5 Å². The first kappa shape index (κ1) is 9.91. The van der Waals surface area contributed by atoms with Gasteiger partial charge in [0.2, 0.25) is 0 Å². The van der Waals surface area contributed by atoms with Gasteiger partial charge in [-0.05, 0) is 13.3 Å². The van der Waals surface area contributed by atoms with Gasteiger partial charge >= 0.3 is 5.97 Å². The molecule has 0 aliphatic carbocycles. The molecule has 3 nitrogen and oxygen atoms in total. The van der Waals surface area contributed by atoms with Crippen molar-refractivity contribution in [2.24, 2.45) is 5.73 Å². The van der Waals surface area contributed by atoms with Crippen LogP contribution in [0.2, 0.25) is 0 Å². The molecule has 0 aromatic carbocycles. The zero-order chi connectivity index (χ0) is 7.98. The van der Waals surface area contributed by atoms with Gasteiger partial charge in [0, 0.05) is 5.33 Å². The molecular formula is C6H12BrNO2. The van der Waals surface area contributed by atoms with Crippen LogP contribution < -0.4 is 5.73 Å². The van der Waals surface area contributed by atoms with Gasteiger partial charge in [-0.2, -0.15) is 0 Å². The van der Waals surface area contributed by atoms with E-state index in [0.29, 0.717) is 13.0 Å². The van der Waals surface area contributed by atoms with Crippen molar-refractivity contribution in [3.05, 3.63) is 0 Å². The lowest BCUT2D eigenvalue weighted by Gasteiger charge is -2.07. The average Bonchev–Trinajstić information content (AvgIpc) is 1.89. The van der Waals surface area contributed by atoms with E-state index in [1.807, 2.05) is 0 Å². The van der Waals surface area contributed by atoms with Gasteiger partial charge in [0.15, 0.2) is 0 Å². The quantitative estimate of drug-likeness (QED) is 0.547. The van der Waals surface area contributed by atoms with Crippen LogP contribution in [0.25, 0.3) is 0 Å². The lowest BCUT2D eigenvalue weighted by atomic mass is 10.2. The first-order valence-corrected chi connectivity index (χ1v) is 4.32. The van der Waals surface area contributed by atoms with E-state index >= 15 is 0 Å². The third-order valence-corrected chi connectivity index (χ3v) is 1.47. The minimum atomic E-state index is -0.473. The van der Waals surface area contributed by atoms with E-state index in [1.54, 1.807) is 6.92 Å². The van der Waals surface area contributed by atoms with E-state index in [-0.39, 0.29) is 5.97 Å². The number of alkyl halides is 1. The normalized spacial score (nSPS) is 12.7. The van der Waals surface area contributed by atoms with Crippen LogP contribution in [0, 0.1) is 0 Å². The van der Waals surface area contributed by atoms with Crippen LogP contribution in [0.4, 0.5) is 0 Å². The molecular weight excluding hydrogens is 198 g/mol. The molecule has 0 unspecified atom stereocenters. The van der Waals surface area contributed by atoms with Gasteiger partial charge in [0.05, 0.1) is 6.61 Å². The van der Waals surface area contributed by atoms with Crippen LogP contribution >= 0.6 is 15.9 Å². The Balaban J connectivity index is 3.49. The minimum Gasteiger partial charge on any atom is -0.465 e. The third-order valence-electron chi connectivity index (χ3n) is 1.01. The summed E-state index contributed by atoms with van der Waals surface area (Å²) >= 11 is 3.18. The number of esters is 1. The maximum atomic E-state index is 10.8. The van der Waals surface area contributed by atoms with E-state index in [0.717, 1.165) is 5.33 Å². The maximum absolute atomic E-state index is 10.8. The predicted octanol–water partition coefficient (Wildman–Crippen LogP) is 0.662. The topological polar surface area (TPSA) is 52.3 Å². The van der Waals surface area contributed by atoms with Crippen molar-refractivity contribution in [2.75, 3.05) is 11.9 Å². The molecule has 0 radical (unpaired) electrons. The van der Waals surface area contributed by atoms with Crippen molar-refractivity contribution in [3.63, 3.8) is 0 Å². The minimum absolute atomic E-state index is 0.318. The summed E-state index contributed by atoms with van der Waals surface area (Å²) in [6.07, 6.45) is 0.624. The summed E-state index contributed by atoms with van der Waals surface area (Å²) in [7, 11) is 0. The smallest absolute Gasteiger partial charge is 0.322 e. The summed E-state index contributed by atoms with van der Waals surface area (Å²) in [5.41, 5.74) is 5.41. The van der Waals surface area contributed by atoms with Crippen LogP contribution in [0.1, 0.15) is 13.3 Å². The van der Waals surface area contributed by atoms with E-state index in [9.17, 15) is 4.79 Å². The Kier molecular flexibility index (Phi) is 5.63. The highest BCUT2D eigenvalue weighted by Gasteiger charge is 2.12. The summed E-state index contributed by atoms with van der Waals surface area (Å²) in [6, 6.07) is -0.473. The van der Waals surface area contributed by atoms with Crippen molar-refractivity contribution in [1.82, 2.24) is 0 Å². The number of ether oxygens (including phenoxy) is 1. The molecule has 0 saturated carbocycles. The van der Waals surface area contributed by atoms with Crippen molar-refractivity contribution in [1.29, 1.82) is 0 Å². The largest absolute Gasteiger partial charge is 0.465 e. The van der Waals surface area contributed by atoms with Crippen molar-refractivity contribution >= 4 is 21.9 Å². The number of rotatable bonds is 4. The van der Waals surface area contributed by atoms with Crippen LogP contribution in [-0.4, -0.2) is 23.9 Å². The number of hydrogen-bond donors (Lipinski definition) is 1. The molecule has 0 fully saturated rings. The summed E-state index contributed by atoms with van der Waals surface area (Å²) in [5, 5.41) is 0.729. The van der Waals surface area contributed by atoms with Crippen molar-refractivity contribution < 1.29 is 9.53 Å². The number of nitrogens with two attached hydrogens (primary N) is 1. The Morgan fingerprint density at radius 2 is 2.40 bits per heavy atom. The van der Waals surface area contributed by atoms with Crippen LogP contribution in [-0.2, 0) is 9.53 Å². The average molecular weight is 210 g/mol. The Morgan fingerprint density at radius 3 is 2.80 bits per heavy atom. The second kappa shape index (κ2) is 5.68. The highest BCUT2D eigenvalue weighted by atomic mass is 79.9. The molecule has 0 aliphatic rings. The van der Waals surface area contributed by atoms with E-state index in [4.69, 9.17) is 5.73 Å². The van der Waals surface area contributed by atoms with Gasteiger partial charge in [-0.15, -0.1) is 0 Å². The fourth-order valence-corrected chi connectivity index (χ4v) is 0.978. The summed E-state index contributed by atoms with van der Waals surface area (Å²) in [5.74, 6) is -0.318. The zero-order valence-corrected chi connectivity index (χ0v) is 7.56. The van der Waals surface area contributed by atoms with E-state index in [1.165, 1.54) is 0 Å². The second-order valence-corrected chi connectivity index (χ2v) is 2.63. The van der Waals surface area contributed by atoms with Crippen molar-refractivity contribution in [2.45, 2.75) is 19.4 Å². The molecule has 0 aliphatic heterocycles.